The first-order chi connectivity index (χ1) is 16.1. The molecule has 1 N–H and O–H groups in total. The molecule has 0 radical (unpaired) electrons. The van der Waals surface area contributed by atoms with E-state index >= 15 is 0 Å². The Hall–Kier alpha value is -2.83. The molecule has 5 nitrogen and oxygen atoms in total. The number of hydrogen-bond donors (Lipinski definition) is 1. The third kappa shape index (κ3) is 5.40. The number of rotatable bonds is 8. The Labute approximate surface area is 203 Å². The molecule has 0 spiro atoms. The first-order valence-corrected chi connectivity index (χ1v) is 12.4. The first kappa shape index (κ1) is 23.3. The molecule has 0 bridgehead atoms. The summed E-state index contributed by atoms with van der Waals surface area (Å²) in [5.41, 5.74) is 1.12. The summed E-state index contributed by atoms with van der Waals surface area (Å²) in [4.78, 5) is 30.0. The summed E-state index contributed by atoms with van der Waals surface area (Å²) in [7, 11) is 1.56. The highest BCUT2D eigenvalue weighted by Gasteiger charge is 2.36. The molecule has 1 aliphatic carbocycles. The quantitative estimate of drug-likeness (QED) is 0.442. The van der Waals surface area contributed by atoms with Crippen LogP contribution in [0.4, 0.5) is 5.69 Å². The van der Waals surface area contributed by atoms with Crippen LogP contribution in [0.1, 0.15) is 42.2 Å². The molecular weight excluding hydrogens is 456 g/mol. The highest BCUT2D eigenvalue weighted by atomic mass is 35.5. The van der Waals surface area contributed by atoms with Crippen molar-refractivity contribution in [1.29, 1.82) is 0 Å². The lowest BCUT2D eigenvalue weighted by molar-refractivity contribution is -0.127. The molecule has 0 unspecified atom stereocenters. The van der Waals surface area contributed by atoms with Gasteiger partial charge >= 0.3 is 0 Å². The Balaban J connectivity index is 1.81. The lowest BCUT2D eigenvalue weighted by Gasteiger charge is -2.33. The van der Waals surface area contributed by atoms with E-state index in [-0.39, 0.29) is 24.3 Å². The maximum Gasteiger partial charge on any atom is 0.248 e. The minimum Gasteiger partial charge on any atom is -0.495 e. The molecule has 1 aliphatic rings. The van der Waals surface area contributed by atoms with Gasteiger partial charge in [-0.25, -0.2) is 0 Å². The van der Waals surface area contributed by atoms with Crippen LogP contribution >= 0.6 is 22.9 Å². The second kappa shape index (κ2) is 10.9. The standard InChI is InChI=1S/C26H27ClN2O3S/c1-32-23-15-7-6-14-22(23)29(24(30)17-19-11-8-16-33-19)25(20-12-4-5-13-21(20)27)26(31)28-18-9-2-3-10-18/h4-8,11-16,18,25H,2-3,9-10,17H2,1H3,(H,28,31)/t25-/m0/s1. The van der Waals surface area contributed by atoms with Crippen LogP contribution in [0.3, 0.4) is 0 Å². The number of ether oxygens (including phenoxy) is 1. The fraction of sp³-hybridized carbons (Fsp3) is 0.308. The fourth-order valence-corrected chi connectivity index (χ4v) is 5.27. The molecule has 1 fully saturated rings. The summed E-state index contributed by atoms with van der Waals surface area (Å²) >= 11 is 8.10. The summed E-state index contributed by atoms with van der Waals surface area (Å²) in [6.07, 6.45) is 4.25. The Morgan fingerprint density at radius 2 is 1.82 bits per heavy atom. The van der Waals surface area contributed by atoms with Gasteiger partial charge in [0, 0.05) is 21.5 Å². The third-order valence-corrected chi connectivity index (χ3v) is 7.15. The van der Waals surface area contributed by atoms with Crippen LogP contribution in [0.25, 0.3) is 0 Å². The lowest BCUT2D eigenvalue weighted by Crippen LogP contribution is -2.47. The summed E-state index contributed by atoms with van der Waals surface area (Å²) < 4.78 is 5.59. The van der Waals surface area contributed by atoms with Crippen molar-refractivity contribution in [2.24, 2.45) is 0 Å². The zero-order chi connectivity index (χ0) is 23.2. The number of carbonyl (C=O) groups is 2. The van der Waals surface area contributed by atoms with Gasteiger partial charge in [-0.3, -0.25) is 14.5 Å². The van der Waals surface area contributed by atoms with E-state index < -0.39 is 6.04 Å². The minimum atomic E-state index is -0.928. The lowest BCUT2D eigenvalue weighted by atomic mass is 10.0. The molecule has 4 rings (SSSR count). The summed E-state index contributed by atoms with van der Waals surface area (Å²) in [5, 5.41) is 5.55. The molecule has 1 heterocycles. The highest BCUT2D eigenvalue weighted by molar-refractivity contribution is 7.10. The van der Waals surface area contributed by atoms with Crippen molar-refractivity contribution in [2.45, 2.75) is 44.2 Å². The van der Waals surface area contributed by atoms with Gasteiger partial charge in [-0.1, -0.05) is 60.8 Å². The van der Waals surface area contributed by atoms with Crippen molar-refractivity contribution in [3.05, 3.63) is 81.5 Å². The molecule has 0 saturated heterocycles. The SMILES string of the molecule is COc1ccccc1N(C(=O)Cc1cccs1)[C@H](C(=O)NC1CCCC1)c1ccccc1Cl. The molecule has 2 aromatic carbocycles. The fourth-order valence-electron chi connectivity index (χ4n) is 4.34. The number of anilines is 1. The Morgan fingerprint density at radius 1 is 1.09 bits per heavy atom. The van der Waals surface area contributed by atoms with E-state index in [0.29, 0.717) is 22.0 Å². The molecule has 1 saturated carbocycles. The van der Waals surface area contributed by atoms with Crippen LogP contribution in [-0.2, 0) is 16.0 Å². The third-order valence-electron chi connectivity index (χ3n) is 5.93. The molecular formula is C26H27ClN2O3S. The van der Waals surface area contributed by atoms with E-state index in [1.165, 1.54) is 11.3 Å². The minimum absolute atomic E-state index is 0.106. The summed E-state index contributed by atoms with van der Waals surface area (Å²) in [5.74, 6) is 0.0802. The van der Waals surface area contributed by atoms with E-state index in [1.807, 2.05) is 47.8 Å². The van der Waals surface area contributed by atoms with E-state index in [2.05, 4.69) is 5.32 Å². The molecule has 7 heteroatoms. The van der Waals surface area contributed by atoms with Crippen LogP contribution in [-0.4, -0.2) is 25.0 Å². The van der Waals surface area contributed by atoms with Crippen molar-refractivity contribution in [3.63, 3.8) is 0 Å². The molecule has 1 aromatic heterocycles. The Kier molecular flexibility index (Phi) is 7.68. The van der Waals surface area contributed by atoms with Gasteiger partial charge in [0.25, 0.3) is 0 Å². The topological polar surface area (TPSA) is 58.6 Å². The maximum atomic E-state index is 13.8. The van der Waals surface area contributed by atoms with Crippen LogP contribution in [0.2, 0.25) is 5.02 Å². The normalized spacial score (nSPS) is 14.6. The number of halogens is 1. The van der Waals surface area contributed by atoms with Crippen molar-refractivity contribution in [3.8, 4) is 5.75 Å². The Morgan fingerprint density at radius 3 is 2.52 bits per heavy atom. The van der Waals surface area contributed by atoms with Crippen molar-refractivity contribution in [1.82, 2.24) is 5.32 Å². The predicted octanol–water partition coefficient (Wildman–Crippen LogP) is 5.79. The molecule has 3 aromatic rings. The zero-order valence-corrected chi connectivity index (χ0v) is 20.1. The van der Waals surface area contributed by atoms with Gasteiger partial charge in [0.15, 0.2) is 0 Å². The molecule has 33 heavy (non-hydrogen) atoms. The predicted molar refractivity (Wildman–Crippen MR) is 133 cm³/mol. The maximum absolute atomic E-state index is 13.8. The second-order valence-corrected chi connectivity index (χ2v) is 9.55. The van der Waals surface area contributed by atoms with Gasteiger partial charge < -0.3 is 10.1 Å². The number of carbonyl (C=O) groups excluding carboxylic acids is 2. The number of nitrogens with one attached hydrogen (secondary N) is 1. The zero-order valence-electron chi connectivity index (χ0n) is 18.5. The van der Waals surface area contributed by atoms with Crippen LogP contribution in [0.15, 0.2) is 66.0 Å². The van der Waals surface area contributed by atoms with E-state index in [4.69, 9.17) is 16.3 Å². The van der Waals surface area contributed by atoms with Gasteiger partial charge in [-0.15, -0.1) is 11.3 Å². The second-order valence-electron chi connectivity index (χ2n) is 8.11. The first-order valence-electron chi connectivity index (χ1n) is 11.1. The average Bonchev–Trinajstić information content (AvgIpc) is 3.52. The van der Waals surface area contributed by atoms with E-state index in [9.17, 15) is 9.59 Å². The number of methoxy groups -OCH3 is 1. The highest BCUT2D eigenvalue weighted by Crippen LogP contribution is 2.38. The number of amides is 2. The van der Waals surface area contributed by atoms with Crippen molar-refractivity contribution < 1.29 is 14.3 Å². The summed E-state index contributed by atoms with van der Waals surface area (Å²) in [6.45, 7) is 0. The van der Waals surface area contributed by atoms with Crippen molar-refractivity contribution in [2.75, 3.05) is 12.0 Å². The van der Waals surface area contributed by atoms with Gasteiger partial charge in [0.1, 0.15) is 11.8 Å². The largest absolute Gasteiger partial charge is 0.495 e. The number of para-hydroxylation sites is 2. The van der Waals surface area contributed by atoms with Crippen molar-refractivity contribution >= 4 is 40.4 Å². The molecule has 172 valence electrons. The number of nitrogens with zero attached hydrogens (tertiary/aromatic N) is 1. The van der Waals surface area contributed by atoms with E-state index in [0.717, 1.165) is 30.6 Å². The average molecular weight is 483 g/mol. The molecule has 1 atom stereocenters. The molecule has 0 aliphatic heterocycles. The van der Waals surface area contributed by atoms with Crippen LogP contribution in [0, 0.1) is 0 Å². The van der Waals surface area contributed by atoms with Gasteiger partial charge in [0.05, 0.1) is 19.2 Å². The number of hydrogen-bond acceptors (Lipinski definition) is 4. The summed E-state index contributed by atoms with van der Waals surface area (Å²) in [6, 6.07) is 17.5. The van der Waals surface area contributed by atoms with Crippen LogP contribution < -0.4 is 15.0 Å². The van der Waals surface area contributed by atoms with Gasteiger partial charge in [-0.05, 0) is 42.5 Å². The Bertz CT molecular complexity index is 1100. The smallest absolute Gasteiger partial charge is 0.248 e. The number of thiophene rings is 1. The van der Waals surface area contributed by atoms with Gasteiger partial charge in [0.2, 0.25) is 11.8 Å². The van der Waals surface area contributed by atoms with Gasteiger partial charge in [-0.2, -0.15) is 0 Å². The van der Waals surface area contributed by atoms with Crippen LogP contribution in [0.5, 0.6) is 5.75 Å². The van der Waals surface area contributed by atoms with E-state index in [1.54, 1.807) is 30.2 Å². The number of benzene rings is 2. The molecule has 2 amide bonds. The monoisotopic (exact) mass is 482 g/mol.